The van der Waals surface area contributed by atoms with E-state index in [2.05, 4.69) is 0 Å². The van der Waals surface area contributed by atoms with Gasteiger partial charge in [-0.15, -0.1) is 0 Å². The first kappa shape index (κ1) is 14.1. The summed E-state index contributed by atoms with van der Waals surface area (Å²) in [7, 11) is 0. The molecule has 0 saturated carbocycles. The highest BCUT2D eigenvalue weighted by Gasteiger charge is 2.18. The largest absolute Gasteiger partial charge is 0.378 e. The van der Waals surface area contributed by atoms with E-state index in [0.29, 0.717) is 6.42 Å². The topological polar surface area (TPSA) is 26.3 Å². The highest BCUT2D eigenvalue weighted by atomic mass is 19.1. The predicted molar refractivity (Wildman–Crippen MR) is 68.3 cm³/mol. The molecule has 1 aliphatic heterocycles. The van der Waals surface area contributed by atoms with Crippen molar-refractivity contribution < 1.29 is 18.3 Å². The lowest BCUT2D eigenvalue weighted by Gasteiger charge is -2.22. The number of halogens is 2. The summed E-state index contributed by atoms with van der Waals surface area (Å²) in [6.07, 6.45) is 3.96. The number of Topliss-reactive ketones (excluding diaryl/α,β-unsaturated/α-hetero) is 1. The molecule has 104 valence electrons. The molecule has 19 heavy (non-hydrogen) atoms. The predicted octanol–water partition coefficient (Wildman–Crippen LogP) is 3.81. The number of benzene rings is 1. The Balaban J connectivity index is 1.97. The quantitative estimate of drug-likeness (QED) is 0.776. The molecule has 1 heterocycles. The van der Waals surface area contributed by atoms with Crippen molar-refractivity contribution >= 4 is 5.78 Å². The molecule has 0 aliphatic carbocycles. The van der Waals surface area contributed by atoms with Gasteiger partial charge in [0.2, 0.25) is 0 Å². The number of carbonyl (C=O) groups is 1. The number of carbonyl (C=O) groups excluding carboxylic acids is 1. The van der Waals surface area contributed by atoms with Crippen LogP contribution in [0.2, 0.25) is 0 Å². The summed E-state index contributed by atoms with van der Waals surface area (Å²) in [5, 5.41) is 0. The summed E-state index contributed by atoms with van der Waals surface area (Å²) in [5.74, 6) is -1.54. The third-order valence-corrected chi connectivity index (χ3v) is 3.52. The second-order valence-electron chi connectivity index (χ2n) is 5.03. The van der Waals surface area contributed by atoms with E-state index in [1.165, 1.54) is 6.92 Å². The molecular formula is C15H18F2O2. The van der Waals surface area contributed by atoms with Crippen molar-refractivity contribution in [2.24, 2.45) is 0 Å². The second-order valence-corrected chi connectivity index (χ2v) is 5.03. The van der Waals surface area contributed by atoms with Crippen molar-refractivity contribution in [1.82, 2.24) is 0 Å². The summed E-state index contributed by atoms with van der Waals surface area (Å²) in [5.41, 5.74) is 0.0589. The first-order valence-corrected chi connectivity index (χ1v) is 6.68. The molecule has 4 heteroatoms. The molecule has 1 atom stereocenters. The Morgan fingerprint density at radius 1 is 1.32 bits per heavy atom. The molecule has 0 spiro atoms. The number of aryl methyl sites for hydroxylation is 1. The summed E-state index contributed by atoms with van der Waals surface area (Å²) >= 11 is 0. The molecule has 0 bridgehead atoms. The summed E-state index contributed by atoms with van der Waals surface area (Å²) in [6.45, 7) is 2.20. The van der Waals surface area contributed by atoms with Crippen LogP contribution in [0, 0.1) is 18.6 Å². The second kappa shape index (κ2) is 6.24. The molecule has 1 fully saturated rings. The summed E-state index contributed by atoms with van der Waals surface area (Å²) < 4.78 is 32.5. The monoisotopic (exact) mass is 268 g/mol. The van der Waals surface area contributed by atoms with Crippen LogP contribution in [-0.4, -0.2) is 18.5 Å². The van der Waals surface area contributed by atoms with Gasteiger partial charge >= 0.3 is 0 Å². The lowest BCUT2D eigenvalue weighted by Crippen LogP contribution is -2.20. The lowest BCUT2D eigenvalue weighted by molar-refractivity contribution is 0.0104. The summed E-state index contributed by atoms with van der Waals surface area (Å²) in [6, 6.07) is 2.06. The lowest BCUT2D eigenvalue weighted by atomic mass is 9.99. The standard InChI is InChI=1S/C15H18F2O2/c1-10-8-14(17)12(9-13(10)16)15(18)6-5-11-4-2-3-7-19-11/h8-9,11H,2-7H2,1H3. The molecule has 1 unspecified atom stereocenters. The molecule has 0 N–H and O–H groups in total. The molecule has 1 saturated heterocycles. The first-order chi connectivity index (χ1) is 9.08. The highest BCUT2D eigenvalue weighted by molar-refractivity contribution is 5.96. The SMILES string of the molecule is Cc1cc(F)c(C(=O)CCC2CCCCO2)cc1F. The number of hydrogen-bond donors (Lipinski definition) is 0. The van der Waals surface area contributed by atoms with Crippen LogP contribution in [0.5, 0.6) is 0 Å². The Hall–Kier alpha value is -1.29. The Kier molecular flexibility index (Phi) is 4.64. The maximum atomic E-state index is 13.6. The fraction of sp³-hybridized carbons (Fsp3) is 0.533. The molecular weight excluding hydrogens is 250 g/mol. The summed E-state index contributed by atoms with van der Waals surface area (Å²) in [4.78, 5) is 11.9. The van der Waals surface area contributed by atoms with Crippen LogP contribution in [-0.2, 0) is 4.74 Å². The minimum absolute atomic E-state index is 0.0797. The zero-order chi connectivity index (χ0) is 13.8. The van der Waals surface area contributed by atoms with Crippen molar-refractivity contribution in [3.8, 4) is 0 Å². The zero-order valence-corrected chi connectivity index (χ0v) is 11.0. The minimum atomic E-state index is -0.645. The zero-order valence-electron chi connectivity index (χ0n) is 11.0. The van der Waals surface area contributed by atoms with E-state index in [-0.39, 0.29) is 29.4 Å². The normalized spacial score (nSPS) is 19.4. The van der Waals surface area contributed by atoms with Gasteiger partial charge in [0.1, 0.15) is 11.6 Å². The van der Waals surface area contributed by atoms with E-state index in [0.717, 1.165) is 38.0 Å². The molecule has 1 aromatic rings. The Bertz CT molecular complexity index is 465. The molecule has 2 nitrogen and oxygen atoms in total. The number of ketones is 1. The van der Waals surface area contributed by atoms with E-state index < -0.39 is 11.6 Å². The third kappa shape index (κ3) is 3.60. The van der Waals surface area contributed by atoms with Crippen LogP contribution in [0.3, 0.4) is 0 Å². The third-order valence-electron chi connectivity index (χ3n) is 3.52. The van der Waals surface area contributed by atoms with Crippen LogP contribution in [0.25, 0.3) is 0 Å². The molecule has 0 aromatic heterocycles. The smallest absolute Gasteiger partial charge is 0.166 e. The fourth-order valence-electron chi connectivity index (χ4n) is 2.32. The number of hydrogen-bond acceptors (Lipinski definition) is 2. The van der Waals surface area contributed by atoms with E-state index in [1.807, 2.05) is 0 Å². The maximum absolute atomic E-state index is 13.6. The molecule has 0 radical (unpaired) electrons. The van der Waals surface area contributed by atoms with Gasteiger partial charge in [-0.25, -0.2) is 8.78 Å². The van der Waals surface area contributed by atoms with Crippen molar-refractivity contribution in [2.75, 3.05) is 6.61 Å². The van der Waals surface area contributed by atoms with Gasteiger partial charge in [0.05, 0.1) is 11.7 Å². The van der Waals surface area contributed by atoms with Crippen molar-refractivity contribution in [3.63, 3.8) is 0 Å². The van der Waals surface area contributed by atoms with Crippen LogP contribution in [0.1, 0.15) is 48.0 Å². The van der Waals surface area contributed by atoms with Gasteiger partial charge in [-0.3, -0.25) is 4.79 Å². The molecule has 1 aromatic carbocycles. The van der Waals surface area contributed by atoms with Crippen LogP contribution >= 0.6 is 0 Å². The van der Waals surface area contributed by atoms with E-state index in [1.54, 1.807) is 0 Å². The highest BCUT2D eigenvalue weighted by Crippen LogP contribution is 2.20. The Morgan fingerprint density at radius 3 is 2.79 bits per heavy atom. The molecule has 2 rings (SSSR count). The molecule has 1 aliphatic rings. The van der Waals surface area contributed by atoms with Gasteiger partial charge in [0.15, 0.2) is 5.78 Å². The van der Waals surface area contributed by atoms with E-state index >= 15 is 0 Å². The maximum Gasteiger partial charge on any atom is 0.166 e. The number of rotatable bonds is 4. The van der Waals surface area contributed by atoms with Gasteiger partial charge < -0.3 is 4.74 Å². The Labute approximate surface area is 111 Å². The van der Waals surface area contributed by atoms with Crippen LogP contribution in [0.15, 0.2) is 12.1 Å². The van der Waals surface area contributed by atoms with E-state index in [9.17, 15) is 13.6 Å². The van der Waals surface area contributed by atoms with Crippen molar-refractivity contribution in [1.29, 1.82) is 0 Å². The van der Waals surface area contributed by atoms with Gasteiger partial charge in [-0.2, -0.15) is 0 Å². The first-order valence-electron chi connectivity index (χ1n) is 6.68. The van der Waals surface area contributed by atoms with Gasteiger partial charge in [0, 0.05) is 13.0 Å². The van der Waals surface area contributed by atoms with E-state index in [4.69, 9.17) is 4.74 Å². The van der Waals surface area contributed by atoms with Gasteiger partial charge in [0.25, 0.3) is 0 Å². The van der Waals surface area contributed by atoms with Crippen LogP contribution < -0.4 is 0 Å². The minimum Gasteiger partial charge on any atom is -0.378 e. The van der Waals surface area contributed by atoms with Crippen molar-refractivity contribution in [2.45, 2.75) is 45.1 Å². The average Bonchev–Trinajstić information content (AvgIpc) is 2.41. The van der Waals surface area contributed by atoms with Crippen LogP contribution in [0.4, 0.5) is 8.78 Å². The van der Waals surface area contributed by atoms with Gasteiger partial charge in [-0.05, 0) is 50.3 Å². The van der Waals surface area contributed by atoms with Crippen molar-refractivity contribution in [3.05, 3.63) is 34.9 Å². The Morgan fingerprint density at radius 2 is 2.11 bits per heavy atom. The van der Waals surface area contributed by atoms with Gasteiger partial charge in [-0.1, -0.05) is 0 Å². The fourth-order valence-corrected chi connectivity index (χ4v) is 2.32. The molecule has 0 amide bonds. The number of ether oxygens (including phenoxy) is 1. The average molecular weight is 268 g/mol.